The molecule has 0 saturated carbocycles. The van der Waals surface area contributed by atoms with E-state index >= 15 is 0 Å². The highest BCUT2D eigenvalue weighted by molar-refractivity contribution is 7.85. The van der Waals surface area contributed by atoms with Crippen molar-refractivity contribution in [2.75, 3.05) is 18.6 Å². The lowest BCUT2D eigenvalue weighted by molar-refractivity contribution is 0.102. The third-order valence-electron chi connectivity index (χ3n) is 2.29. The SMILES string of the molecule is COc1ccc(C(=O)CS(=O)CC(C)C)cc1F. The van der Waals surface area contributed by atoms with Gasteiger partial charge in [0.05, 0.1) is 12.9 Å². The third kappa shape index (κ3) is 4.22. The molecular formula is C13H17FO3S. The monoisotopic (exact) mass is 272 g/mol. The van der Waals surface area contributed by atoms with E-state index in [1.807, 2.05) is 13.8 Å². The Labute approximate surface area is 109 Å². The molecule has 0 aliphatic heterocycles. The first kappa shape index (κ1) is 14.8. The van der Waals surface area contributed by atoms with E-state index < -0.39 is 16.6 Å². The number of hydrogen-bond acceptors (Lipinski definition) is 3. The second kappa shape index (κ2) is 6.64. The van der Waals surface area contributed by atoms with Crippen LogP contribution in [0.25, 0.3) is 0 Å². The summed E-state index contributed by atoms with van der Waals surface area (Å²) in [4.78, 5) is 11.8. The van der Waals surface area contributed by atoms with Crippen LogP contribution in [0.1, 0.15) is 24.2 Å². The molecule has 0 bridgehead atoms. The Hall–Kier alpha value is -1.23. The summed E-state index contributed by atoms with van der Waals surface area (Å²) in [5, 5.41) is 0. The lowest BCUT2D eigenvalue weighted by Gasteiger charge is -2.06. The van der Waals surface area contributed by atoms with Crippen LogP contribution in [0.15, 0.2) is 18.2 Å². The second-order valence-electron chi connectivity index (χ2n) is 4.42. The van der Waals surface area contributed by atoms with Gasteiger partial charge in [-0.2, -0.15) is 0 Å². The maximum Gasteiger partial charge on any atom is 0.175 e. The number of hydrogen-bond donors (Lipinski definition) is 0. The Morgan fingerprint density at radius 1 is 1.44 bits per heavy atom. The van der Waals surface area contributed by atoms with Crippen molar-refractivity contribution in [3.05, 3.63) is 29.6 Å². The highest BCUT2D eigenvalue weighted by Gasteiger charge is 2.14. The average Bonchev–Trinajstić information content (AvgIpc) is 2.27. The smallest absolute Gasteiger partial charge is 0.175 e. The van der Waals surface area contributed by atoms with Gasteiger partial charge in [-0.15, -0.1) is 0 Å². The van der Waals surface area contributed by atoms with Crippen molar-refractivity contribution in [2.45, 2.75) is 13.8 Å². The normalized spacial score (nSPS) is 12.5. The molecule has 18 heavy (non-hydrogen) atoms. The molecule has 0 heterocycles. The molecule has 0 saturated heterocycles. The van der Waals surface area contributed by atoms with Crippen LogP contribution >= 0.6 is 0 Å². The van der Waals surface area contributed by atoms with Gasteiger partial charge in [0.2, 0.25) is 0 Å². The van der Waals surface area contributed by atoms with E-state index in [2.05, 4.69) is 0 Å². The summed E-state index contributed by atoms with van der Waals surface area (Å²) in [7, 11) is 0.161. The van der Waals surface area contributed by atoms with Gasteiger partial charge < -0.3 is 4.74 Å². The predicted octanol–water partition coefficient (Wildman–Crippen LogP) is 2.42. The summed E-state index contributed by atoms with van der Waals surface area (Å²) < 4.78 is 29.8. The maximum absolute atomic E-state index is 13.4. The number of ketones is 1. The molecule has 1 unspecified atom stereocenters. The molecular weight excluding hydrogens is 255 g/mol. The Kier molecular flexibility index (Phi) is 5.47. The number of rotatable bonds is 6. The molecule has 0 aliphatic carbocycles. The Morgan fingerprint density at radius 2 is 2.11 bits per heavy atom. The van der Waals surface area contributed by atoms with E-state index in [0.29, 0.717) is 5.75 Å². The molecule has 0 N–H and O–H groups in total. The van der Waals surface area contributed by atoms with E-state index in [1.54, 1.807) is 0 Å². The fourth-order valence-electron chi connectivity index (χ4n) is 1.50. The molecule has 1 atom stereocenters. The molecule has 0 aliphatic rings. The summed E-state index contributed by atoms with van der Waals surface area (Å²) in [6, 6.07) is 4.00. The first-order chi connectivity index (χ1) is 8.43. The minimum absolute atomic E-state index is 0.0655. The zero-order chi connectivity index (χ0) is 13.7. The van der Waals surface area contributed by atoms with Crippen LogP contribution in [0.4, 0.5) is 4.39 Å². The zero-order valence-corrected chi connectivity index (χ0v) is 11.6. The first-order valence-corrected chi connectivity index (χ1v) is 7.14. The number of carbonyl (C=O) groups excluding carboxylic acids is 1. The van der Waals surface area contributed by atoms with Crippen LogP contribution in [0.5, 0.6) is 5.75 Å². The minimum Gasteiger partial charge on any atom is -0.494 e. The van der Waals surface area contributed by atoms with E-state index in [9.17, 15) is 13.4 Å². The minimum atomic E-state index is -1.20. The Balaban J connectivity index is 2.73. The Bertz CT molecular complexity index is 458. The summed E-state index contributed by atoms with van der Waals surface area (Å²) in [6.45, 7) is 3.88. The quantitative estimate of drug-likeness (QED) is 0.747. The molecule has 1 aromatic carbocycles. The number of Topliss-reactive ketones (excluding diaryl/α,β-unsaturated/α-hetero) is 1. The number of halogens is 1. The molecule has 100 valence electrons. The predicted molar refractivity (Wildman–Crippen MR) is 70.0 cm³/mol. The maximum atomic E-state index is 13.4. The van der Waals surface area contributed by atoms with E-state index in [0.717, 1.165) is 6.07 Å². The molecule has 0 spiro atoms. The number of methoxy groups -OCH3 is 1. The van der Waals surface area contributed by atoms with Gasteiger partial charge in [0.1, 0.15) is 0 Å². The van der Waals surface area contributed by atoms with Crippen LogP contribution in [-0.4, -0.2) is 28.6 Å². The van der Waals surface area contributed by atoms with Crippen molar-refractivity contribution in [3.63, 3.8) is 0 Å². The van der Waals surface area contributed by atoms with E-state index in [1.165, 1.54) is 19.2 Å². The summed E-state index contributed by atoms with van der Waals surface area (Å²) >= 11 is 0. The first-order valence-electron chi connectivity index (χ1n) is 5.65. The number of benzene rings is 1. The summed E-state index contributed by atoms with van der Waals surface area (Å²) in [5.41, 5.74) is 0.227. The summed E-state index contributed by atoms with van der Waals surface area (Å²) in [5.74, 6) is -0.122. The fourth-order valence-corrected chi connectivity index (χ4v) is 2.82. The molecule has 1 aromatic rings. The second-order valence-corrected chi connectivity index (χ2v) is 5.92. The third-order valence-corrected chi connectivity index (χ3v) is 3.91. The highest BCUT2D eigenvalue weighted by Crippen LogP contribution is 2.18. The van der Waals surface area contributed by atoms with Gasteiger partial charge in [0, 0.05) is 22.1 Å². The van der Waals surface area contributed by atoms with Crippen molar-refractivity contribution < 1.29 is 18.1 Å². The van der Waals surface area contributed by atoms with Gasteiger partial charge >= 0.3 is 0 Å². The van der Waals surface area contributed by atoms with Crippen LogP contribution in [0.2, 0.25) is 0 Å². The van der Waals surface area contributed by atoms with Gasteiger partial charge in [-0.1, -0.05) is 13.8 Å². The molecule has 0 radical (unpaired) electrons. The fraction of sp³-hybridized carbons (Fsp3) is 0.462. The van der Waals surface area contributed by atoms with E-state index in [4.69, 9.17) is 4.74 Å². The van der Waals surface area contributed by atoms with Crippen molar-refractivity contribution in [1.82, 2.24) is 0 Å². The molecule has 0 amide bonds. The van der Waals surface area contributed by atoms with Gasteiger partial charge in [-0.25, -0.2) is 4.39 Å². The average molecular weight is 272 g/mol. The molecule has 0 fully saturated rings. The largest absolute Gasteiger partial charge is 0.494 e. The van der Waals surface area contributed by atoms with E-state index in [-0.39, 0.29) is 28.8 Å². The van der Waals surface area contributed by atoms with Crippen molar-refractivity contribution in [1.29, 1.82) is 0 Å². The summed E-state index contributed by atoms with van der Waals surface area (Å²) in [6.07, 6.45) is 0. The number of carbonyl (C=O) groups is 1. The van der Waals surface area contributed by atoms with Gasteiger partial charge in [0.25, 0.3) is 0 Å². The van der Waals surface area contributed by atoms with Crippen LogP contribution < -0.4 is 4.74 Å². The van der Waals surface area contributed by atoms with Crippen molar-refractivity contribution in [3.8, 4) is 5.75 Å². The Morgan fingerprint density at radius 3 is 2.61 bits per heavy atom. The molecule has 1 rings (SSSR count). The van der Waals surface area contributed by atoms with Crippen LogP contribution in [0, 0.1) is 11.7 Å². The lowest BCUT2D eigenvalue weighted by atomic mass is 10.1. The number of ether oxygens (including phenoxy) is 1. The molecule has 3 nitrogen and oxygen atoms in total. The molecule has 5 heteroatoms. The highest BCUT2D eigenvalue weighted by atomic mass is 32.2. The standard InChI is InChI=1S/C13H17FO3S/c1-9(2)7-18(16)8-12(15)10-4-5-13(17-3)11(14)6-10/h4-6,9H,7-8H2,1-3H3. The van der Waals surface area contributed by atoms with Crippen molar-refractivity contribution >= 4 is 16.6 Å². The van der Waals surface area contributed by atoms with Crippen LogP contribution in [0.3, 0.4) is 0 Å². The van der Waals surface area contributed by atoms with Gasteiger partial charge in [-0.3, -0.25) is 9.00 Å². The van der Waals surface area contributed by atoms with Crippen LogP contribution in [-0.2, 0) is 10.8 Å². The van der Waals surface area contributed by atoms with Gasteiger partial charge in [0.15, 0.2) is 17.3 Å². The topological polar surface area (TPSA) is 43.4 Å². The lowest BCUT2D eigenvalue weighted by Crippen LogP contribution is -2.16. The zero-order valence-electron chi connectivity index (χ0n) is 10.7. The molecule has 0 aromatic heterocycles. The van der Waals surface area contributed by atoms with Crippen molar-refractivity contribution in [2.24, 2.45) is 5.92 Å². The van der Waals surface area contributed by atoms with Gasteiger partial charge in [-0.05, 0) is 24.1 Å².